The summed E-state index contributed by atoms with van der Waals surface area (Å²) in [5.41, 5.74) is 2.04. The number of benzene rings is 2. The van der Waals surface area contributed by atoms with Gasteiger partial charge in [0.1, 0.15) is 12.4 Å². The Kier molecular flexibility index (Phi) is 7.61. The first kappa shape index (κ1) is 20.2. The van der Waals surface area contributed by atoms with Crippen LogP contribution in [-0.2, 0) is 4.79 Å². The highest BCUT2D eigenvalue weighted by Crippen LogP contribution is 2.15. The molecule has 2 aromatic rings. The smallest absolute Gasteiger partial charge is 0.269 e. The molecule has 1 N–H and O–H groups in total. The van der Waals surface area contributed by atoms with E-state index in [4.69, 9.17) is 4.74 Å². The van der Waals surface area contributed by atoms with Gasteiger partial charge < -0.3 is 15.0 Å². The summed E-state index contributed by atoms with van der Waals surface area (Å²) in [5.74, 6) is 0.863. The van der Waals surface area contributed by atoms with Crippen LogP contribution in [-0.4, -0.2) is 42.5 Å². The summed E-state index contributed by atoms with van der Waals surface area (Å²) >= 11 is 0. The first-order valence-electron chi connectivity index (χ1n) is 8.87. The van der Waals surface area contributed by atoms with E-state index < -0.39 is 4.92 Å². The molecule has 0 aliphatic rings. The maximum absolute atomic E-state index is 12.1. The zero-order valence-corrected chi connectivity index (χ0v) is 15.7. The molecule has 0 aliphatic heterocycles. The van der Waals surface area contributed by atoms with Gasteiger partial charge in [0, 0.05) is 37.8 Å². The third kappa shape index (κ3) is 6.97. The lowest BCUT2D eigenvalue weighted by Crippen LogP contribution is -2.31. The number of non-ortho nitro benzene ring substituents is 1. The molecule has 0 bridgehead atoms. The molecule has 0 saturated carbocycles. The van der Waals surface area contributed by atoms with Crippen LogP contribution in [0.15, 0.2) is 48.5 Å². The zero-order valence-electron chi connectivity index (χ0n) is 15.7. The summed E-state index contributed by atoms with van der Waals surface area (Å²) in [5, 5.41) is 13.8. The second-order valence-corrected chi connectivity index (χ2v) is 6.31. The summed E-state index contributed by atoms with van der Waals surface area (Å²) in [4.78, 5) is 24.0. The molecule has 0 aromatic heterocycles. The van der Waals surface area contributed by atoms with Crippen LogP contribution in [0.25, 0.3) is 0 Å². The fraction of sp³-hybridized carbons (Fsp3) is 0.350. The number of nitrogens with zero attached hydrogens (tertiary/aromatic N) is 2. The molecular weight excluding hydrogens is 346 g/mol. The van der Waals surface area contributed by atoms with E-state index in [1.807, 2.05) is 31.2 Å². The third-order valence-electron chi connectivity index (χ3n) is 4.12. The average Bonchev–Trinajstić information content (AvgIpc) is 2.67. The van der Waals surface area contributed by atoms with Crippen LogP contribution >= 0.6 is 0 Å². The Hall–Kier alpha value is -3.09. The predicted octanol–water partition coefficient (Wildman–Crippen LogP) is 3.63. The van der Waals surface area contributed by atoms with Gasteiger partial charge in [-0.3, -0.25) is 14.9 Å². The van der Waals surface area contributed by atoms with Gasteiger partial charge in [-0.2, -0.15) is 0 Å². The molecule has 144 valence electrons. The summed E-state index contributed by atoms with van der Waals surface area (Å²) in [7, 11) is 1.77. The van der Waals surface area contributed by atoms with Crippen molar-refractivity contribution >= 4 is 17.3 Å². The van der Waals surface area contributed by atoms with Crippen LogP contribution in [0.3, 0.4) is 0 Å². The second kappa shape index (κ2) is 10.2. The Labute approximate surface area is 159 Å². The van der Waals surface area contributed by atoms with Crippen molar-refractivity contribution in [1.29, 1.82) is 0 Å². The molecule has 0 saturated heterocycles. The van der Waals surface area contributed by atoms with Gasteiger partial charge in [0.25, 0.3) is 5.69 Å². The van der Waals surface area contributed by atoms with Crippen LogP contribution in [0.4, 0.5) is 11.4 Å². The number of nitro groups is 1. The molecule has 1 amide bonds. The fourth-order valence-corrected chi connectivity index (χ4v) is 2.42. The Bertz CT molecular complexity index is 745. The summed E-state index contributed by atoms with van der Waals surface area (Å²) in [6, 6.07) is 14.0. The number of hydrogen-bond donors (Lipinski definition) is 1. The average molecular weight is 371 g/mol. The quantitative estimate of drug-likeness (QED) is 0.392. The van der Waals surface area contributed by atoms with Crippen LogP contribution < -0.4 is 10.1 Å². The van der Waals surface area contributed by atoms with E-state index >= 15 is 0 Å². The van der Waals surface area contributed by atoms with E-state index in [9.17, 15) is 14.9 Å². The number of nitrogens with one attached hydrogen (secondary N) is 1. The van der Waals surface area contributed by atoms with Gasteiger partial charge in [-0.25, -0.2) is 0 Å². The Morgan fingerprint density at radius 2 is 1.81 bits per heavy atom. The van der Waals surface area contributed by atoms with Crippen molar-refractivity contribution in [3.05, 3.63) is 64.2 Å². The van der Waals surface area contributed by atoms with Crippen LogP contribution in [0.2, 0.25) is 0 Å². The predicted molar refractivity (Wildman–Crippen MR) is 105 cm³/mol. The third-order valence-corrected chi connectivity index (χ3v) is 4.12. The normalized spacial score (nSPS) is 10.3. The number of aryl methyl sites for hydroxylation is 1. The van der Waals surface area contributed by atoms with Crippen LogP contribution in [0, 0.1) is 17.0 Å². The molecule has 0 atom stereocenters. The molecule has 2 rings (SSSR count). The number of hydrogen-bond acceptors (Lipinski definition) is 5. The Balaban J connectivity index is 1.61. The lowest BCUT2D eigenvalue weighted by molar-refractivity contribution is -0.384. The number of carbonyl (C=O) groups excluding carboxylic acids is 1. The molecule has 0 radical (unpaired) electrons. The van der Waals surface area contributed by atoms with E-state index in [2.05, 4.69) is 5.32 Å². The molecule has 0 fully saturated rings. The van der Waals surface area contributed by atoms with Gasteiger partial charge in [-0.15, -0.1) is 0 Å². The van der Waals surface area contributed by atoms with Crippen molar-refractivity contribution in [1.82, 2.24) is 4.90 Å². The number of likely N-dealkylation sites (N-methyl/N-ethyl adjacent to an activating group) is 1. The van der Waals surface area contributed by atoms with Gasteiger partial charge in [0.2, 0.25) is 5.91 Å². The standard InChI is InChI=1S/C20H25N3O4/c1-16-5-11-19(12-6-16)27-15-14-22(2)20(24)4-3-13-21-17-7-9-18(10-8-17)23(25)26/h5-12,21H,3-4,13-15H2,1-2H3. The van der Waals surface area contributed by atoms with Gasteiger partial charge >= 0.3 is 0 Å². The zero-order chi connectivity index (χ0) is 19.6. The number of ether oxygens (including phenoxy) is 1. The highest BCUT2D eigenvalue weighted by molar-refractivity contribution is 5.75. The van der Waals surface area contributed by atoms with E-state index in [-0.39, 0.29) is 11.6 Å². The minimum absolute atomic E-state index is 0.0604. The second-order valence-electron chi connectivity index (χ2n) is 6.31. The van der Waals surface area contributed by atoms with Crippen molar-refractivity contribution in [3.8, 4) is 5.75 Å². The molecule has 0 unspecified atom stereocenters. The molecule has 0 heterocycles. The van der Waals surface area contributed by atoms with Crippen LogP contribution in [0.1, 0.15) is 18.4 Å². The van der Waals surface area contributed by atoms with E-state index in [0.29, 0.717) is 32.5 Å². The van der Waals surface area contributed by atoms with Gasteiger partial charge in [-0.05, 0) is 37.6 Å². The summed E-state index contributed by atoms with van der Waals surface area (Å²) in [6.07, 6.45) is 1.11. The maximum atomic E-state index is 12.1. The first-order valence-corrected chi connectivity index (χ1v) is 8.87. The summed E-state index contributed by atoms with van der Waals surface area (Å²) < 4.78 is 5.64. The lowest BCUT2D eigenvalue weighted by Gasteiger charge is -2.17. The first-order chi connectivity index (χ1) is 13.0. The number of amides is 1. The monoisotopic (exact) mass is 371 g/mol. The van der Waals surface area contributed by atoms with Crippen LogP contribution in [0.5, 0.6) is 5.75 Å². The largest absolute Gasteiger partial charge is 0.492 e. The molecular formula is C20H25N3O4. The lowest BCUT2D eigenvalue weighted by atomic mass is 10.2. The molecule has 27 heavy (non-hydrogen) atoms. The molecule has 0 spiro atoms. The number of rotatable bonds is 10. The minimum atomic E-state index is -0.430. The number of nitro benzene ring substituents is 1. The van der Waals surface area contributed by atoms with E-state index in [0.717, 1.165) is 11.4 Å². The Morgan fingerprint density at radius 1 is 1.15 bits per heavy atom. The van der Waals surface area contributed by atoms with Crippen molar-refractivity contribution < 1.29 is 14.5 Å². The number of carbonyl (C=O) groups is 1. The highest BCUT2D eigenvalue weighted by Gasteiger charge is 2.08. The SMILES string of the molecule is Cc1ccc(OCCN(C)C(=O)CCCNc2ccc([N+](=O)[O-])cc2)cc1. The maximum Gasteiger partial charge on any atom is 0.269 e. The van der Waals surface area contributed by atoms with Crippen molar-refractivity contribution in [2.45, 2.75) is 19.8 Å². The number of anilines is 1. The molecule has 7 nitrogen and oxygen atoms in total. The van der Waals surface area contributed by atoms with Gasteiger partial charge in [0.15, 0.2) is 0 Å². The topological polar surface area (TPSA) is 84.7 Å². The van der Waals surface area contributed by atoms with Crippen molar-refractivity contribution in [2.24, 2.45) is 0 Å². The molecule has 2 aromatic carbocycles. The van der Waals surface area contributed by atoms with E-state index in [1.54, 1.807) is 24.1 Å². The summed E-state index contributed by atoms with van der Waals surface area (Å²) in [6.45, 7) is 3.62. The highest BCUT2D eigenvalue weighted by atomic mass is 16.6. The Morgan fingerprint density at radius 3 is 2.44 bits per heavy atom. The minimum Gasteiger partial charge on any atom is -0.492 e. The van der Waals surface area contributed by atoms with Gasteiger partial charge in [0.05, 0.1) is 11.5 Å². The van der Waals surface area contributed by atoms with Crippen molar-refractivity contribution in [2.75, 3.05) is 32.1 Å². The molecule has 0 aliphatic carbocycles. The van der Waals surface area contributed by atoms with E-state index in [1.165, 1.54) is 17.7 Å². The fourth-order valence-electron chi connectivity index (χ4n) is 2.42. The van der Waals surface area contributed by atoms with Crippen molar-refractivity contribution in [3.63, 3.8) is 0 Å². The molecule has 7 heteroatoms. The van der Waals surface area contributed by atoms with Gasteiger partial charge in [-0.1, -0.05) is 17.7 Å².